The zero-order valence-electron chi connectivity index (χ0n) is 11.9. The second-order valence-electron chi connectivity index (χ2n) is 4.56. The number of rotatable bonds is 6. The van der Waals surface area contributed by atoms with Gasteiger partial charge in [-0.3, -0.25) is 4.79 Å². The summed E-state index contributed by atoms with van der Waals surface area (Å²) in [5.41, 5.74) is 1.65. The minimum Gasteiger partial charge on any atom is -0.359 e. The molecule has 0 aliphatic heterocycles. The van der Waals surface area contributed by atoms with E-state index in [9.17, 15) is 9.18 Å². The molecule has 2 rings (SSSR count). The maximum Gasteiger partial charge on any atom is 0.226 e. The Morgan fingerprint density at radius 3 is 2.95 bits per heavy atom. The molecule has 0 aliphatic carbocycles. The molecule has 0 fully saturated rings. The summed E-state index contributed by atoms with van der Waals surface area (Å²) >= 11 is 3.12. The molecule has 3 nitrogen and oxygen atoms in total. The summed E-state index contributed by atoms with van der Waals surface area (Å²) < 4.78 is 13.7. The highest BCUT2D eigenvalue weighted by Crippen LogP contribution is 2.32. The Kier molecular flexibility index (Phi) is 5.76. The van der Waals surface area contributed by atoms with Crippen LogP contribution < -0.4 is 5.32 Å². The maximum atomic E-state index is 13.7. The number of halogens is 1. The molecule has 1 heterocycles. The first kappa shape index (κ1) is 16.0. The number of benzene rings is 1. The van der Waals surface area contributed by atoms with E-state index in [1.807, 2.05) is 24.4 Å². The van der Waals surface area contributed by atoms with Crippen LogP contribution in [0.1, 0.15) is 28.4 Å². The van der Waals surface area contributed by atoms with Crippen molar-refractivity contribution >= 4 is 29.0 Å². The summed E-state index contributed by atoms with van der Waals surface area (Å²) in [7, 11) is 1.61. The topological polar surface area (TPSA) is 42.0 Å². The Morgan fingerprint density at radius 2 is 2.24 bits per heavy atom. The van der Waals surface area contributed by atoms with Crippen LogP contribution in [0.3, 0.4) is 0 Å². The number of carbonyl (C=O) groups is 1. The minimum absolute atomic E-state index is 0.0386. The van der Waals surface area contributed by atoms with Crippen LogP contribution in [0.4, 0.5) is 4.39 Å². The lowest BCUT2D eigenvalue weighted by molar-refractivity contribution is -0.119. The van der Waals surface area contributed by atoms with Gasteiger partial charge in [-0.2, -0.15) is 0 Å². The average molecular weight is 324 g/mol. The smallest absolute Gasteiger partial charge is 0.226 e. The Bertz CT molecular complexity index is 615. The van der Waals surface area contributed by atoms with Gasteiger partial charge in [-0.1, -0.05) is 18.2 Å². The molecule has 0 aliphatic rings. The fraction of sp³-hybridized carbons (Fsp3) is 0.333. The Morgan fingerprint density at radius 1 is 1.48 bits per heavy atom. The van der Waals surface area contributed by atoms with Crippen molar-refractivity contribution < 1.29 is 9.18 Å². The van der Waals surface area contributed by atoms with Crippen molar-refractivity contribution in [2.75, 3.05) is 7.05 Å². The van der Waals surface area contributed by atoms with Gasteiger partial charge in [0, 0.05) is 29.0 Å². The van der Waals surface area contributed by atoms with Gasteiger partial charge in [0.1, 0.15) is 10.8 Å². The third-order valence-electron chi connectivity index (χ3n) is 3.01. The van der Waals surface area contributed by atoms with Crippen molar-refractivity contribution in [1.29, 1.82) is 0 Å². The molecule has 0 saturated heterocycles. The summed E-state index contributed by atoms with van der Waals surface area (Å²) in [4.78, 5) is 15.7. The van der Waals surface area contributed by atoms with Crippen molar-refractivity contribution in [1.82, 2.24) is 10.3 Å². The molecule has 1 amide bonds. The summed E-state index contributed by atoms with van der Waals surface area (Å²) in [5, 5.41) is 5.41. The van der Waals surface area contributed by atoms with Crippen LogP contribution in [-0.4, -0.2) is 17.9 Å². The normalized spacial score (nSPS) is 12.1. The Labute approximate surface area is 132 Å². The summed E-state index contributed by atoms with van der Waals surface area (Å²) in [5.74, 6) is 0.499. The number of aromatic nitrogens is 1. The Hall–Kier alpha value is -1.40. The molecule has 1 N–H and O–H groups in total. The second kappa shape index (κ2) is 7.56. The van der Waals surface area contributed by atoms with Gasteiger partial charge in [0.2, 0.25) is 5.91 Å². The molecule has 6 heteroatoms. The van der Waals surface area contributed by atoms with Crippen LogP contribution in [0.25, 0.3) is 0 Å². The van der Waals surface area contributed by atoms with Crippen molar-refractivity contribution in [3.05, 3.63) is 51.7 Å². The molecule has 112 valence electrons. The number of thioether (sulfide) groups is 1. The van der Waals surface area contributed by atoms with E-state index in [4.69, 9.17) is 0 Å². The van der Waals surface area contributed by atoms with E-state index in [1.165, 1.54) is 17.4 Å². The molecule has 1 atom stereocenters. The fourth-order valence-electron chi connectivity index (χ4n) is 1.83. The van der Waals surface area contributed by atoms with E-state index in [0.29, 0.717) is 17.7 Å². The number of carbonyl (C=O) groups excluding carboxylic acids is 1. The molecule has 0 radical (unpaired) electrons. The molecule has 0 saturated carbocycles. The first-order valence-electron chi connectivity index (χ1n) is 6.60. The van der Waals surface area contributed by atoms with Crippen LogP contribution in [-0.2, 0) is 17.0 Å². The molecule has 2 aromatic rings. The van der Waals surface area contributed by atoms with Crippen LogP contribution >= 0.6 is 23.1 Å². The van der Waals surface area contributed by atoms with E-state index in [0.717, 1.165) is 10.7 Å². The van der Waals surface area contributed by atoms with Gasteiger partial charge in [0.25, 0.3) is 0 Å². The lowest BCUT2D eigenvalue weighted by Crippen LogP contribution is -2.19. The van der Waals surface area contributed by atoms with E-state index < -0.39 is 0 Å². The number of amides is 1. The molecular weight excluding hydrogens is 307 g/mol. The van der Waals surface area contributed by atoms with Crippen molar-refractivity contribution in [2.45, 2.75) is 24.3 Å². The van der Waals surface area contributed by atoms with Crippen molar-refractivity contribution in [3.63, 3.8) is 0 Å². The van der Waals surface area contributed by atoms with Crippen molar-refractivity contribution in [3.8, 4) is 0 Å². The van der Waals surface area contributed by atoms with Gasteiger partial charge < -0.3 is 5.32 Å². The SMILES string of the molecule is CNC(=O)Cc1nc(CS[C@H](C)c2ccccc2F)cs1. The third-order valence-corrected chi connectivity index (χ3v) is 5.13. The number of likely N-dealkylation sites (N-methyl/N-ethyl adjacent to an activating group) is 1. The zero-order valence-corrected chi connectivity index (χ0v) is 13.6. The molecule has 1 aromatic carbocycles. The van der Waals surface area contributed by atoms with Gasteiger partial charge in [0.05, 0.1) is 12.1 Å². The quantitative estimate of drug-likeness (QED) is 0.883. The minimum atomic E-state index is -0.170. The fourth-order valence-corrected chi connectivity index (χ4v) is 3.66. The van der Waals surface area contributed by atoms with Crippen LogP contribution in [0.5, 0.6) is 0 Å². The van der Waals surface area contributed by atoms with E-state index in [1.54, 1.807) is 24.9 Å². The van der Waals surface area contributed by atoms with E-state index in [2.05, 4.69) is 10.3 Å². The lowest BCUT2D eigenvalue weighted by Gasteiger charge is -2.11. The third kappa shape index (κ3) is 4.54. The highest BCUT2D eigenvalue weighted by Gasteiger charge is 2.12. The summed E-state index contributed by atoms with van der Waals surface area (Å²) in [6.45, 7) is 1.99. The van der Waals surface area contributed by atoms with Crippen LogP contribution in [0.15, 0.2) is 29.6 Å². The number of nitrogens with one attached hydrogen (secondary N) is 1. The highest BCUT2D eigenvalue weighted by molar-refractivity contribution is 7.98. The number of nitrogens with zero attached hydrogens (tertiary/aromatic N) is 1. The molecule has 21 heavy (non-hydrogen) atoms. The van der Waals surface area contributed by atoms with Crippen LogP contribution in [0.2, 0.25) is 0 Å². The number of hydrogen-bond acceptors (Lipinski definition) is 4. The summed E-state index contributed by atoms with van der Waals surface area (Å²) in [6.07, 6.45) is 0.314. The zero-order chi connectivity index (χ0) is 15.2. The van der Waals surface area contributed by atoms with Gasteiger partial charge in [-0.05, 0) is 13.0 Å². The van der Waals surface area contributed by atoms with E-state index in [-0.39, 0.29) is 17.0 Å². The van der Waals surface area contributed by atoms with E-state index >= 15 is 0 Å². The highest BCUT2D eigenvalue weighted by atomic mass is 32.2. The van der Waals surface area contributed by atoms with Gasteiger partial charge in [-0.15, -0.1) is 23.1 Å². The molecule has 1 aromatic heterocycles. The molecule has 0 bridgehead atoms. The lowest BCUT2D eigenvalue weighted by atomic mass is 10.1. The Balaban J connectivity index is 1.91. The standard InChI is InChI=1S/C15H17FN2OS2/c1-10(12-5-3-4-6-13(12)16)20-8-11-9-21-15(18-11)7-14(19)17-2/h3-6,9-10H,7-8H2,1-2H3,(H,17,19)/t10-/m1/s1. The molecule has 0 spiro atoms. The van der Waals surface area contributed by atoms with Crippen LogP contribution in [0, 0.1) is 5.82 Å². The second-order valence-corrected chi connectivity index (χ2v) is 6.83. The largest absolute Gasteiger partial charge is 0.359 e. The first-order chi connectivity index (χ1) is 10.1. The maximum absolute atomic E-state index is 13.7. The van der Waals surface area contributed by atoms with Gasteiger partial charge in [-0.25, -0.2) is 9.37 Å². The molecule has 0 unspecified atom stereocenters. The average Bonchev–Trinajstić information content (AvgIpc) is 2.92. The molecular formula is C15H17FN2OS2. The van der Waals surface area contributed by atoms with Crippen molar-refractivity contribution in [2.24, 2.45) is 0 Å². The monoisotopic (exact) mass is 324 g/mol. The first-order valence-corrected chi connectivity index (χ1v) is 8.53. The summed E-state index contributed by atoms with van der Waals surface area (Å²) in [6, 6.07) is 6.84. The van der Waals surface area contributed by atoms with Gasteiger partial charge >= 0.3 is 0 Å². The predicted octanol–water partition coefficient (Wildman–Crippen LogP) is 3.57. The number of thiazole rings is 1. The van der Waals surface area contributed by atoms with Gasteiger partial charge in [0.15, 0.2) is 0 Å². The predicted molar refractivity (Wildman–Crippen MR) is 86.0 cm³/mol. The number of hydrogen-bond donors (Lipinski definition) is 1.